The van der Waals surface area contributed by atoms with Crippen LogP contribution in [0.4, 0.5) is 16.2 Å². The number of carbonyl (C=O) groups excluding carboxylic acids is 1. The molecule has 0 bridgehead atoms. The van der Waals surface area contributed by atoms with Crippen LogP contribution >= 0.6 is 34.5 Å². The summed E-state index contributed by atoms with van der Waals surface area (Å²) in [6.45, 7) is 3.95. The van der Waals surface area contributed by atoms with E-state index in [1.165, 1.54) is 55.7 Å². The number of halogens is 2. The van der Waals surface area contributed by atoms with Gasteiger partial charge >= 0.3 is 6.03 Å². The molecule has 1 aliphatic heterocycles. The Hall–Kier alpha value is -3.29. The number of likely N-dealkylation sites (tertiary alicyclic amines) is 1. The lowest BCUT2D eigenvalue weighted by Gasteiger charge is -2.26. The number of anilines is 2. The molecule has 0 saturated carbocycles. The van der Waals surface area contributed by atoms with Gasteiger partial charge in [0.2, 0.25) is 5.88 Å². The number of fused-ring (bicyclic) bond motifs is 1. The molecule has 0 atom stereocenters. The van der Waals surface area contributed by atoms with Crippen LogP contribution in [-0.2, 0) is 10.0 Å². The van der Waals surface area contributed by atoms with Crippen LogP contribution in [0.3, 0.4) is 0 Å². The molecule has 3 heterocycles. The minimum Gasteiger partial charge on any atom is -0.494 e. The number of carbonyl (C=O) groups is 1. The van der Waals surface area contributed by atoms with Gasteiger partial charge in [-0.3, -0.25) is 4.79 Å². The maximum Gasteiger partial charge on any atom is 0.333 e. The number of thiophene rings is 1. The monoisotopic (exact) mass is 635 g/mol. The summed E-state index contributed by atoms with van der Waals surface area (Å²) in [5, 5.41) is 17.9. The second-order valence-corrected chi connectivity index (χ2v) is 13.6. The zero-order chi connectivity index (χ0) is 29.1. The third-order valence-electron chi connectivity index (χ3n) is 6.70. The van der Waals surface area contributed by atoms with E-state index in [2.05, 4.69) is 15.5 Å². The Morgan fingerprint density at radius 1 is 0.976 bits per heavy atom. The van der Waals surface area contributed by atoms with Gasteiger partial charge in [-0.05, 0) is 79.8 Å². The Kier molecular flexibility index (Phi) is 8.76. The number of nitrogens with zero attached hydrogens (tertiary/aromatic N) is 2. The highest BCUT2D eigenvalue weighted by molar-refractivity contribution is 7.92. The highest BCUT2D eigenvalue weighted by Gasteiger charge is 2.21. The van der Waals surface area contributed by atoms with Gasteiger partial charge in [0, 0.05) is 35.9 Å². The molecule has 216 valence electrons. The molecule has 0 spiro atoms. The average Bonchev–Trinajstić information content (AvgIpc) is 3.37. The molecule has 5 rings (SSSR count). The molecule has 2 aromatic heterocycles. The minimum absolute atomic E-state index is 0.0449. The Labute approximate surface area is 250 Å². The number of sulfonamides is 1. The van der Waals surface area contributed by atoms with Crippen LogP contribution in [0.2, 0.25) is 9.36 Å². The molecule has 1 saturated heterocycles. The van der Waals surface area contributed by atoms with Crippen molar-refractivity contribution in [2.75, 3.05) is 36.8 Å². The summed E-state index contributed by atoms with van der Waals surface area (Å²) in [6, 6.07) is 12.7. The van der Waals surface area contributed by atoms with Crippen molar-refractivity contribution in [3.63, 3.8) is 0 Å². The Morgan fingerprint density at radius 3 is 2.44 bits per heavy atom. The standard InChI is InChI=1S/C27H27Cl2N5O5S2/c28-21-16-19(31-27(37)32-41(38,39)25-9-8-23(29)40-25)5-7-22(21)34-24(35)15-17-14-18(4-6-20(17)26(34)36)30-10-13-33-11-2-1-3-12-33/h4-9,14-16,30,36H,1-3,10-13H2,(H2,31,32,37). The predicted molar refractivity (Wildman–Crippen MR) is 164 cm³/mol. The van der Waals surface area contributed by atoms with E-state index in [0.717, 1.165) is 47.8 Å². The number of urea groups is 1. The molecular formula is C27H27Cl2N5O5S2. The van der Waals surface area contributed by atoms with Crippen molar-refractivity contribution >= 4 is 72.7 Å². The maximum absolute atomic E-state index is 13.1. The van der Waals surface area contributed by atoms with Crippen molar-refractivity contribution in [3.8, 4) is 11.6 Å². The van der Waals surface area contributed by atoms with Gasteiger partial charge in [0.05, 0.1) is 15.0 Å². The van der Waals surface area contributed by atoms with Crippen LogP contribution < -0.4 is 20.9 Å². The van der Waals surface area contributed by atoms with Crippen molar-refractivity contribution in [3.05, 3.63) is 74.3 Å². The van der Waals surface area contributed by atoms with Crippen molar-refractivity contribution in [1.29, 1.82) is 0 Å². The number of pyridine rings is 1. The highest BCUT2D eigenvalue weighted by atomic mass is 35.5. The number of rotatable bonds is 8. The number of benzene rings is 2. The van der Waals surface area contributed by atoms with Gasteiger partial charge < -0.3 is 20.6 Å². The van der Waals surface area contributed by atoms with Crippen LogP contribution in [0.1, 0.15) is 19.3 Å². The van der Waals surface area contributed by atoms with Crippen LogP contribution in [0.25, 0.3) is 16.5 Å². The first-order valence-electron chi connectivity index (χ1n) is 12.8. The maximum atomic E-state index is 13.1. The molecule has 4 aromatic rings. The fourth-order valence-electron chi connectivity index (χ4n) is 4.73. The summed E-state index contributed by atoms with van der Waals surface area (Å²) in [7, 11) is -4.11. The molecule has 2 aromatic carbocycles. The molecule has 0 radical (unpaired) electrons. The first kappa shape index (κ1) is 29.2. The summed E-state index contributed by atoms with van der Waals surface area (Å²) in [4.78, 5) is 27.8. The number of amides is 2. The first-order chi connectivity index (χ1) is 19.6. The summed E-state index contributed by atoms with van der Waals surface area (Å²) in [6.07, 6.45) is 3.76. The smallest absolute Gasteiger partial charge is 0.333 e. The molecule has 1 fully saturated rings. The van der Waals surface area contributed by atoms with Crippen molar-refractivity contribution in [2.24, 2.45) is 0 Å². The molecule has 0 aliphatic carbocycles. The summed E-state index contributed by atoms with van der Waals surface area (Å²) >= 11 is 13.0. The van der Waals surface area contributed by atoms with E-state index in [9.17, 15) is 23.1 Å². The summed E-state index contributed by atoms with van der Waals surface area (Å²) < 4.78 is 27.8. The van der Waals surface area contributed by atoms with Gasteiger partial charge in [-0.15, -0.1) is 11.3 Å². The van der Waals surface area contributed by atoms with Crippen LogP contribution in [-0.4, -0.2) is 55.2 Å². The fraction of sp³-hybridized carbons (Fsp3) is 0.259. The quantitative estimate of drug-likeness (QED) is 0.202. The second-order valence-electron chi connectivity index (χ2n) is 9.56. The minimum atomic E-state index is -4.11. The van der Waals surface area contributed by atoms with E-state index in [4.69, 9.17) is 23.2 Å². The molecule has 41 heavy (non-hydrogen) atoms. The predicted octanol–water partition coefficient (Wildman–Crippen LogP) is 5.47. The topological polar surface area (TPSA) is 133 Å². The van der Waals surface area contributed by atoms with E-state index < -0.39 is 21.6 Å². The third-order valence-corrected chi connectivity index (χ3v) is 10.1. The SMILES string of the molecule is O=C(Nc1ccc(-n2c(O)c3ccc(NCCN4CCCCC4)cc3cc2=O)c(Cl)c1)NS(=O)(=O)c1ccc(Cl)s1. The molecular weight excluding hydrogens is 609 g/mol. The largest absolute Gasteiger partial charge is 0.494 e. The molecule has 0 unspecified atom stereocenters. The molecule has 2 amide bonds. The zero-order valence-electron chi connectivity index (χ0n) is 21.7. The van der Waals surface area contributed by atoms with Crippen molar-refractivity contribution in [2.45, 2.75) is 23.5 Å². The number of hydrogen-bond donors (Lipinski definition) is 4. The van der Waals surface area contributed by atoms with Gasteiger partial charge in [0.15, 0.2) is 0 Å². The number of hydrogen-bond acceptors (Lipinski definition) is 8. The number of aromatic nitrogens is 1. The van der Waals surface area contributed by atoms with Crippen LogP contribution in [0.15, 0.2) is 63.6 Å². The van der Waals surface area contributed by atoms with Gasteiger partial charge in [-0.25, -0.2) is 22.5 Å². The van der Waals surface area contributed by atoms with Gasteiger partial charge in [-0.1, -0.05) is 29.6 Å². The van der Waals surface area contributed by atoms with E-state index in [-0.39, 0.29) is 30.8 Å². The lowest BCUT2D eigenvalue weighted by Crippen LogP contribution is -2.33. The van der Waals surface area contributed by atoms with E-state index in [1.807, 2.05) is 16.9 Å². The van der Waals surface area contributed by atoms with Crippen LogP contribution in [0.5, 0.6) is 5.88 Å². The number of piperidine rings is 1. The Bertz CT molecular complexity index is 1770. The van der Waals surface area contributed by atoms with E-state index in [0.29, 0.717) is 10.8 Å². The van der Waals surface area contributed by atoms with Crippen LogP contribution in [0, 0.1) is 0 Å². The van der Waals surface area contributed by atoms with E-state index in [1.54, 1.807) is 6.07 Å². The molecule has 1 aliphatic rings. The molecule has 10 nitrogen and oxygen atoms in total. The first-order valence-corrected chi connectivity index (χ1v) is 15.9. The number of nitrogens with one attached hydrogen (secondary N) is 3. The number of aromatic hydroxyl groups is 1. The third kappa shape index (κ3) is 6.79. The highest BCUT2D eigenvalue weighted by Crippen LogP contribution is 2.31. The summed E-state index contributed by atoms with van der Waals surface area (Å²) in [5.41, 5.74) is 0.708. The lowest BCUT2D eigenvalue weighted by atomic mass is 10.1. The van der Waals surface area contributed by atoms with Crippen molar-refractivity contribution in [1.82, 2.24) is 14.2 Å². The average molecular weight is 637 g/mol. The van der Waals surface area contributed by atoms with Gasteiger partial charge in [0.25, 0.3) is 15.6 Å². The molecule has 4 N–H and O–H groups in total. The van der Waals surface area contributed by atoms with Crippen molar-refractivity contribution < 1.29 is 18.3 Å². The summed E-state index contributed by atoms with van der Waals surface area (Å²) in [5.74, 6) is -0.284. The lowest BCUT2D eigenvalue weighted by molar-refractivity contribution is 0.237. The second kappa shape index (κ2) is 12.3. The Balaban J connectivity index is 1.30. The van der Waals surface area contributed by atoms with Gasteiger partial charge in [0.1, 0.15) is 4.21 Å². The molecule has 14 heteroatoms. The van der Waals surface area contributed by atoms with E-state index >= 15 is 0 Å². The Morgan fingerprint density at radius 2 is 1.73 bits per heavy atom. The fourth-order valence-corrected chi connectivity index (χ4v) is 7.38. The van der Waals surface area contributed by atoms with Gasteiger partial charge in [-0.2, -0.15) is 0 Å². The normalized spacial score (nSPS) is 14.2. The zero-order valence-corrected chi connectivity index (χ0v) is 24.8.